The molecular weight excluding hydrogens is 530 g/mol. The SMILES string of the molecule is C=N/N=C\N(N)c1ccc(Cl)cc1/C=C/C(=O)N[C@@H](Cc1ccccc1)C(=O)Nc1ccc2[nH]c(=O)ccc2c1. The van der Waals surface area contributed by atoms with Gasteiger partial charge in [0.2, 0.25) is 17.4 Å². The minimum absolute atomic E-state index is 0.214. The number of benzene rings is 3. The number of rotatable bonds is 10. The first-order valence-corrected chi connectivity index (χ1v) is 12.5. The van der Waals surface area contributed by atoms with Crippen molar-refractivity contribution in [2.24, 2.45) is 16.0 Å². The van der Waals surface area contributed by atoms with Crippen molar-refractivity contribution in [2.75, 3.05) is 10.3 Å². The van der Waals surface area contributed by atoms with Crippen molar-refractivity contribution in [2.45, 2.75) is 12.5 Å². The minimum atomic E-state index is -0.888. The summed E-state index contributed by atoms with van der Waals surface area (Å²) < 4.78 is 0. The van der Waals surface area contributed by atoms with Crippen LogP contribution in [-0.2, 0) is 16.0 Å². The number of H-pyrrole nitrogens is 1. The van der Waals surface area contributed by atoms with Crippen LogP contribution in [0.4, 0.5) is 11.4 Å². The number of nitrogens with zero attached hydrogens (tertiary/aromatic N) is 3. The van der Waals surface area contributed by atoms with Crippen molar-refractivity contribution < 1.29 is 9.59 Å². The Hall–Kier alpha value is -5.06. The van der Waals surface area contributed by atoms with E-state index in [-0.39, 0.29) is 12.0 Å². The van der Waals surface area contributed by atoms with Gasteiger partial charge in [-0.2, -0.15) is 5.10 Å². The predicted molar refractivity (Wildman–Crippen MR) is 160 cm³/mol. The van der Waals surface area contributed by atoms with Gasteiger partial charge in [-0.3, -0.25) is 19.4 Å². The van der Waals surface area contributed by atoms with Crippen molar-refractivity contribution >= 4 is 64.8 Å². The number of hydrazine groups is 1. The lowest BCUT2D eigenvalue weighted by molar-refractivity contribution is -0.123. The van der Waals surface area contributed by atoms with Gasteiger partial charge in [-0.15, -0.1) is 5.10 Å². The van der Waals surface area contributed by atoms with E-state index in [2.05, 4.69) is 32.5 Å². The second-order valence-corrected chi connectivity index (χ2v) is 9.12. The highest BCUT2D eigenvalue weighted by Gasteiger charge is 2.21. The molecule has 0 fully saturated rings. The number of carbonyl (C=O) groups is 2. The maximum atomic E-state index is 13.3. The Morgan fingerprint density at radius 1 is 1.07 bits per heavy atom. The molecule has 10 nitrogen and oxygen atoms in total. The molecule has 3 aromatic carbocycles. The number of carbonyl (C=O) groups excluding carboxylic acids is 2. The molecule has 4 rings (SSSR count). The number of aromatic amines is 1. The fraction of sp³-hybridized carbons (Fsp3) is 0.0690. The Labute approximate surface area is 234 Å². The molecule has 0 radical (unpaired) electrons. The van der Waals surface area contributed by atoms with Gasteiger partial charge in [0.15, 0.2) is 0 Å². The highest BCUT2D eigenvalue weighted by Crippen LogP contribution is 2.24. The smallest absolute Gasteiger partial charge is 0.248 e. The van der Waals surface area contributed by atoms with Crippen molar-refractivity contribution in [3.05, 3.63) is 111 Å². The van der Waals surface area contributed by atoms with E-state index in [4.69, 9.17) is 17.4 Å². The van der Waals surface area contributed by atoms with Crippen LogP contribution in [0.1, 0.15) is 11.1 Å². The monoisotopic (exact) mass is 555 g/mol. The molecule has 0 aliphatic heterocycles. The molecule has 11 heteroatoms. The molecular formula is C29H26ClN7O3. The topological polar surface area (TPSA) is 145 Å². The summed E-state index contributed by atoms with van der Waals surface area (Å²) in [6, 6.07) is 21.6. The third-order valence-electron chi connectivity index (χ3n) is 5.85. The summed E-state index contributed by atoms with van der Waals surface area (Å²) in [4.78, 5) is 40.6. The second-order valence-electron chi connectivity index (χ2n) is 8.68. The number of pyridine rings is 1. The molecule has 0 aliphatic carbocycles. The first kappa shape index (κ1) is 28.0. The Balaban J connectivity index is 1.54. The predicted octanol–water partition coefficient (Wildman–Crippen LogP) is 3.88. The highest BCUT2D eigenvalue weighted by atomic mass is 35.5. The summed E-state index contributed by atoms with van der Waals surface area (Å²) in [5.41, 5.74) is 2.88. The quantitative estimate of drug-likeness (QED) is 0.0771. The number of amides is 2. The molecule has 0 saturated heterocycles. The van der Waals surface area contributed by atoms with Gasteiger partial charge in [-0.1, -0.05) is 41.9 Å². The molecule has 1 heterocycles. The first-order valence-electron chi connectivity index (χ1n) is 12.1. The lowest BCUT2D eigenvalue weighted by atomic mass is 10.0. The number of halogens is 1. The van der Waals surface area contributed by atoms with Crippen LogP contribution in [0, 0.1) is 0 Å². The number of hydrogen-bond acceptors (Lipinski definition) is 6. The van der Waals surface area contributed by atoms with E-state index in [1.807, 2.05) is 30.3 Å². The van der Waals surface area contributed by atoms with Crippen molar-refractivity contribution in [3.63, 3.8) is 0 Å². The normalized spacial score (nSPS) is 11.9. The fourth-order valence-electron chi connectivity index (χ4n) is 3.95. The average Bonchev–Trinajstić information content (AvgIpc) is 2.95. The number of hydrogen-bond donors (Lipinski definition) is 4. The zero-order valence-electron chi connectivity index (χ0n) is 21.3. The summed E-state index contributed by atoms with van der Waals surface area (Å²) in [5, 5.41) is 15.1. The van der Waals surface area contributed by atoms with Crippen LogP contribution in [0.5, 0.6) is 0 Å². The molecule has 40 heavy (non-hydrogen) atoms. The molecule has 1 atom stereocenters. The first-order chi connectivity index (χ1) is 19.3. The van der Waals surface area contributed by atoms with Crippen LogP contribution in [-0.4, -0.2) is 35.9 Å². The van der Waals surface area contributed by atoms with Gasteiger partial charge in [0.05, 0.1) is 5.69 Å². The maximum absolute atomic E-state index is 13.3. The molecule has 0 unspecified atom stereocenters. The molecule has 0 spiro atoms. The van der Waals surface area contributed by atoms with Gasteiger partial charge >= 0.3 is 0 Å². The summed E-state index contributed by atoms with van der Waals surface area (Å²) in [7, 11) is 0. The number of nitrogens with one attached hydrogen (secondary N) is 3. The standard InChI is InChI=1S/C29H26ClN7O3/c1-32-33-18-37(31)26-12-9-22(30)16-21(26)8-14-28(39)36-25(15-19-5-3-2-4-6-19)29(40)34-23-10-11-24-20(17-23)7-13-27(38)35-24/h2-14,16-18,25H,1,15,31H2,(H,34,40)(H,35,38)(H,36,39)/b14-8+,33-18-/t25-/m0/s1. The molecule has 5 N–H and O–H groups in total. The zero-order chi connectivity index (χ0) is 28.5. The molecule has 1 aromatic heterocycles. The third-order valence-corrected chi connectivity index (χ3v) is 6.08. The van der Waals surface area contributed by atoms with E-state index in [9.17, 15) is 14.4 Å². The lowest BCUT2D eigenvalue weighted by Crippen LogP contribution is -2.44. The average molecular weight is 556 g/mol. The van der Waals surface area contributed by atoms with Gasteiger partial charge in [-0.25, -0.2) is 5.84 Å². The Bertz CT molecular complexity index is 1650. The largest absolute Gasteiger partial charge is 0.340 e. The van der Waals surface area contributed by atoms with Crippen molar-refractivity contribution in [3.8, 4) is 0 Å². The zero-order valence-corrected chi connectivity index (χ0v) is 22.0. The number of fused-ring (bicyclic) bond motifs is 1. The van der Waals surface area contributed by atoms with Crippen molar-refractivity contribution in [1.82, 2.24) is 10.3 Å². The number of nitrogens with two attached hydrogens (primary N) is 1. The molecule has 0 saturated carbocycles. The van der Waals surface area contributed by atoms with Gasteiger partial charge < -0.3 is 15.6 Å². The Kier molecular flexibility index (Phi) is 9.19. The van der Waals surface area contributed by atoms with Crippen LogP contribution in [0.2, 0.25) is 5.02 Å². The second kappa shape index (κ2) is 13.1. The van der Waals surface area contributed by atoms with Crippen LogP contribution < -0.4 is 27.0 Å². The van der Waals surface area contributed by atoms with E-state index in [0.717, 1.165) is 10.9 Å². The molecule has 4 aromatic rings. The Morgan fingerprint density at radius 2 is 1.88 bits per heavy atom. The molecule has 0 bridgehead atoms. The molecule has 2 amide bonds. The van der Waals surface area contributed by atoms with Gasteiger partial charge in [0.1, 0.15) is 12.4 Å². The fourth-order valence-corrected chi connectivity index (χ4v) is 4.13. The van der Waals surface area contributed by atoms with Gasteiger partial charge in [0.25, 0.3) is 0 Å². The van der Waals surface area contributed by atoms with Gasteiger partial charge in [0, 0.05) is 52.5 Å². The summed E-state index contributed by atoms with van der Waals surface area (Å²) in [6.45, 7) is 3.27. The minimum Gasteiger partial charge on any atom is -0.340 e. The molecule has 202 valence electrons. The Morgan fingerprint density at radius 3 is 2.65 bits per heavy atom. The summed E-state index contributed by atoms with van der Waals surface area (Å²) in [6.07, 6.45) is 4.35. The van der Waals surface area contributed by atoms with E-state index >= 15 is 0 Å². The van der Waals surface area contributed by atoms with Gasteiger partial charge in [-0.05, 0) is 54.1 Å². The van der Waals surface area contributed by atoms with Crippen LogP contribution >= 0.6 is 11.6 Å². The third kappa shape index (κ3) is 7.50. The van der Waals surface area contributed by atoms with E-state index in [1.165, 1.54) is 29.6 Å². The lowest BCUT2D eigenvalue weighted by Gasteiger charge is -2.18. The van der Waals surface area contributed by atoms with Crippen LogP contribution in [0.3, 0.4) is 0 Å². The van der Waals surface area contributed by atoms with Crippen LogP contribution in [0.25, 0.3) is 17.0 Å². The van der Waals surface area contributed by atoms with Crippen molar-refractivity contribution in [1.29, 1.82) is 0 Å². The van der Waals surface area contributed by atoms with Crippen LogP contribution in [0.15, 0.2) is 99.9 Å². The number of aromatic nitrogens is 1. The maximum Gasteiger partial charge on any atom is 0.248 e. The van der Waals surface area contributed by atoms with E-state index in [0.29, 0.717) is 27.5 Å². The summed E-state index contributed by atoms with van der Waals surface area (Å²) in [5.74, 6) is 5.11. The van der Waals surface area contributed by atoms with E-state index < -0.39 is 17.9 Å². The van der Waals surface area contributed by atoms with E-state index in [1.54, 1.807) is 42.5 Å². The summed E-state index contributed by atoms with van der Waals surface area (Å²) >= 11 is 6.15. The number of anilines is 2. The molecule has 0 aliphatic rings. The highest BCUT2D eigenvalue weighted by molar-refractivity contribution is 6.30.